The zero-order valence-corrected chi connectivity index (χ0v) is 36.6. The molecular formula is C34H20Br4Cl4N8O4. The molecule has 54 heavy (non-hydrogen) atoms. The van der Waals surface area contributed by atoms with Crippen molar-refractivity contribution in [3.63, 3.8) is 0 Å². The normalized spacial score (nSPS) is 10.7. The minimum Gasteiger partial charge on any atom is -0.267 e. The molecule has 0 fully saturated rings. The van der Waals surface area contributed by atoms with Crippen LogP contribution in [0.15, 0.2) is 110 Å². The van der Waals surface area contributed by atoms with Crippen molar-refractivity contribution < 1.29 is 0 Å². The molecule has 12 nitrogen and oxygen atoms in total. The number of aromatic amines is 2. The lowest BCUT2D eigenvalue weighted by Gasteiger charge is -2.02. The van der Waals surface area contributed by atoms with Crippen LogP contribution in [0.2, 0.25) is 20.6 Å². The van der Waals surface area contributed by atoms with E-state index in [9.17, 15) is 19.2 Å². The smallest absolute Gasteiger partial charge is 0.267 e. The Morgan fingerprint density at radius 3 is 1.30 bits per heavy atom. The first kappa shape index (κ1) is 41.7. The summed E-state index contributed by atoms with van der Waals surface area (Å²) in [7, 11) is 3.16. The van der Waals surface area contributed by atoms with Crippen molar-refractivity contribution in [1.82, 2.24) is 40.0 Å². The Labute approximate surface area is 356 Å². The van der Waals surface area contributed by atoms with Crippen LogP contribution in [0.4, 0.5) is 0 Å². The largest absolute Gasteiger partial charge is 0.274 e. The Bertz CT molecular complexity index is 2980. The fourth-order valence-corrected chi connectivity index (χ4v) is 7.17. The number of H-pyrrole nitrogens is 2. The Morgan fingerprint density at radius 2 is 0.778 bits per heavy atom. The fraction of sp³-hybridized carbons (Fsp3) is 0.0588. The molecule has 20 heteroatoms. The van der Waals surface area contributed by atoms with E-state index in [1.807, 2.05) is 12.1 Å². The lowest BCUT2D eigenvalue weighted by Crippen LogP contribution is -2.19. The summed E-state index contributed by atoms with van der Waals surface area (Å²) in [6.45, 7) is 0. The van der Waals surface area contributed by atoms with E-state index < -0.39 is 0 Å². The van der Waals surface area contributed by atoms with Gasteiger partial charge in [-0.15, -0.1) is 0 Å². The first-order chi connectivity index (χ1) is 25.5. The molecule has 8 aromatic rings. The molecule has 4 aromatic carbocycles. The summed E-state index contributed by atoms with van der Waals surface area (Å²) in [5.41, 5.74) is -0.754. The third kappa shape index (κ3) is 9.66. The molecule has 0 saturated heterocycles. The molecule has 0 unspecified atom stereocenters. The number of aryl methyl sites for hydroxylation is 2. The second-order valence-corrected chi connectivity index (χ2v) is 16.0. The number of nitrogens with one attached hydrogen (secondary N) is 2. The van der Waals surface area contributed by atoms with Crippen LogP contribution in [0.1, 0.15) is 0 Å². The number of hydrogen-bond donors (Lipinski definition) is 2. The highest BCUT2D eigenvalue weighted by molar-refractivity contribution is 9.11. The number of hydrogen-bond acceptors (Lipinski definition) is 8. The first-order valence-corrected chi connectivity index (χ1v) is 19.5. The standard InChI is InChI=1S/2C9H6BrClN2O.2C8H4BrClN2O/c1-13-9(14)6-3-2-5(10)4-7(6)8(11)12-13;1-13-9(14)7-4-5(10)2-3-6(7)8(11)12-13;9-4-1-2-5-6(3-4)7(10)11-12-8(5)13;9-4-1-2-5-6(3-4)8(13)12-11-7(5)10/h2*2-4H,1H3;2*1-3H,(H,12,13). The van der Waals surface area contributed by atoms with Gasteiger partial charge >= 0.3 is 0 Å². The summed E-state index contributed by atoms with van der Waals surface area (Å²) in [6, 6.07) is 21.2. The van der Waals surface area contributed by atoms with Crippen molar-refractivity contribution in [3.8, 4) is 0 Å². The quantitative estimate of drug-likeness (QED) is 0.152. The number of aromatic nitrogens is 8. The van der Waals surface area contributed by atoms with Gasteiger partial charge in [0.2, 0.25) is 0 Å². The van der Waals surface area contributed by atoms with Crippen LogP contribution in [-0.2, 0) is 14.1 Å². The molecule has 0 radical (unpaired) electrons. The molecule has 0 bridgehead atoms. The Morgan fingerprint density at radius 1 is 0.444 bits per heavy atom. The predicted octanol–water partition coefficient (Wildman–Crippen LogP) is 9.38. The number of benzene rings is 4. The monoisotopic (exact) mass is 1060 g/mol. The average Bonchev–Trinajstić information content (AvgIpc) is 3.13. The molecule has 0 spiro atoms. The van der Waals surface area contributed by atoms with E-state index in [-0.39, 0.29) is 22.2 Å². The van der Waals surface area contributed by atoms with Gasteiger partial charge in [0.15, 0.2) is 20.6 Å². The summed E-state index contributed by atoms with van der Waals surface area (Å²) in [5.74, 6) is 0. The number of nitrogens with zero attached hydrogens (tertiary/aromatic N) is 6. The summed E-state index contributed by atoms with van der Waals surface area (Å²) < 4.78 is 5.91. The molecule has 4 heterocycles. The molecule has 0 amide bonds. The third-order valence-electron chi connectivity index (χ3n) is 7.34. The summed E-state index contributed by atoms with van der Waals surface area (Å²) in [4.78, 5) is 45.8. The van der Waals surface area contributed by atoms with E-state index in [1.54, 1.807) is 74.8 Å². The van der Waals surface area contributed by atoms with Gasteiger partial charge in [0.25, 0.3) is 22.2 Å². The van der Waals surface area contributed by atoms with E-state index >= 15 is 0 Å². The van der Waals surface area contributed by atoms with Gasteiger partial charge in [-0.3, -0.25) is 19.2 Å². The van der Waals surface area contributed by atoms with Crippen molar-refractivity contribution >= 4 is 153 Å². The van der Waals surface area contributed by atoms with Crippen molar-refractivity contribution in [3.05, 3.63) is 153 Å². The van der Waals surface area contributed by atoms with Gasteiger partial charge in [0.05, 0.1) is 21.5 Å². The molecular weight excluding hydrogens is 1050 g/mol. The molecule has 8 rings (SSSR count). The highest BCUT2D eigenvalue weighted by Crippen LogP contribution is 2.24. The van der Waals surface area contributed by atoms with Crippen LogP contribution in [0.3, 0.4) is 0 Å². The molecule has 276 valence electrons. The number of fused-ring (bicyclic) bond motifs is 4. The maximum atomic E-state index is 11.7. The minimum atomic E-state index is -0.235. The van der Waals surface area contributed by atoms with Gasteiger partial charge in [-0.1, -0.05) is 110 Å². The zero-order chi connectivity index (χ0) is 39.4. The zero-order valence-electron chi connectivity index (χ0n) is 27.3. The van der Waals surface area contributed by atoms with E-state index in [0.717, 1.165) is 17.9 Å². The van der Waals surface area contributed by atoms with Crippen LogP contribution in [0.5, 0.6) is 0 Å². The summed E-state index contributed by atoms with van der Waals surface area (Å²) in [5, 5.41) is 25.9. The van der Waals surface area contributed by atoms with E-state index in [1.165, 1.54) is 9.36 Å². The van der Waals surface area contributed by atoms with Crippen molar-refractivity contribution in [1.29, 1.82) is 0 Å². The Kier molecular flexibility index (Phi) is 13.9. The lowest BCUT2D eigenvalue weighted by atomic mass is 10.2. The van der Waals surface area contributed by atoms with Gasteiger partial charge in [0, 0.05) is 53.5 Å². The highest BCUT2D eigenvalue weighted by Gasteiger charge is 2.09. The van der Waals surface area contributed by atoms with E-state index in [0.29, 0.717) is 63.7 Å². The second kappa shape index (κ2) is 18.0. The molecule has 0 aliphatic carbocycles. The van der Waals surface area contributed by atoms with Crippen molar-refractivity contribution in [2.75, 3.05) is 0 Å². The Balaban J connectivity index is 0.000000139. The highest BCUT2D eigenvalue weighted by atomic mass is 79.9. The van der Waals surface area contributed by atoms with Crippen LogP contribution in [0, 0.1) is 0 Å². The van der Waals surface area contributed by atoms with Crippen LogP contribution >= 0.6 is 110 Å². The summed E-state index contributed by atoms with van der Waals surface area (Å²) in [6.07, 6.45) is 0. The first-order valence-electron chi connectivity index (χ1n) is 14.9. The van der Waals surface area contributed by atoms with Crippen LogP contribution in [-0.4, -0.2) is 40.0 Å². The van der Waals surface area contributed by atoms with Gasteiger partial charge in [-0.2, -0.15) is 20.4 Å². The van der Waals surface area contributed by atoms with Crippen molar-refractivity contribution in [2.24, 2.45) is 14.1 Å². The fourth-order valence-electron chi connectivity index (χ4n) is 4.77. The van der Waals surface area contributed by atoms with Gasteiger partial charge in [-0.25, -0.2) is 19.6 Å². The Hall–Kier alpha value is -3.48. The molecule has 0 aliphatic rings. The minimum absolute atomic E-state index is 0.142. The van der Waals surface area contributed by atoms with Gasteiger partial charge < -0.3 is 0 Å². The van der Waals surface area contributed by atoms with Crippen LogP contribution < -0.4 is 22.2 Å². The van der Waals surface area contributed by atoms with Gasteiger partial charge in [-0.05, 0) is 72.8 Å². The van der Waals surface area contributed by atoms with E-state index in [4.69, 9.17) is 46.4 Å². The maximum Gasteiger partial charge on any atom is 0.274 e. The lowest BCUT2D eigenvalue weighted by molar-refractivity contribution is 0.719. The third-order valence-corrected chi connectivity index (χ3v) is 10.4. The average molecular weight is 1070 g/mol. The number of rotatable bonds is 0. The molecule has 2 N–H and O–H groups in total. The molecule has 0 saturated carbocycles. The SMILES string of the molecule is Cn1nc(Cl)c2cc(Br)ccc2c1=O.Cn1nc(Cl)c2ccc(Br)cc2c1=O.O=c1[nH]nc(Cl)c2cc(Br)ccc12.O=c1[nH]nc(Cl)c2ccc(Br)cc12. The molecule has 0 aliphatic heterocycles. The van der Waals surface area contributed by atoms with Crippen molar-refractivity contribution in [2.45, 2.75) is 0 Å². The summed E-state index contributed by atoms with van der Waals surface area (Å²) >= 11 is 36.6. The maximum absolute atomic E-state index is 11.7. The molecule has 0 atom stereocenters. The topological polar surface area (TPSA) is 161 Å². The number of halogens is 8. The predicted molar refractivity (Wildman–Crippen MR) is 230 cm³/mol. The molecule has 4 aromatic heterocycles. The van der Waals surface area contributed by atoms with E-state index in [2.05, 4.69) is 94.3 Å². The second-order valence-electron chi connectivity index (χ2n) is 10.9. The van der Waals surface area contributed by atoms with Crippen LogP contribution in [0.25, 0.3) is 43.1 Å². The van der Waals surface area contributed by atoms with Gasteiger partial charge in [0.1, 0.15) is 0 Å².